The van der Waals surface area contributed by atoms with Crippen LogP contribution in [0.5, 0.6) is 5.75 Å². The van der Waals surface area contributed by atoms with Crippen LogP contribution in [0.3, 0.4) is 0 Å². The fraction of sp³-hybridized carbons (Fsp3) is 0.500. The summed E-state index contributed by atoms with van der Waals surface area (Å²) in [5, 5.41) is 0.653. The molecule has 0 spiro atoms. The summed E-state index contributed by atoms with van der Waals surface area (Å²) >= 11 is 5.94. The van der Waals surface area contributed by atoms with Crippen LogP contribution in [0.4, 0.5) is 0 Å². The Hall–Kier alpha value is -1.75. The summed E-state index contributed by atoms with van der Waals surface area (Å²) < 4.78 is 5.44. The highest BCUT2D eigenvalue weighted by Crippen LogP contribution is 2.20. The zero-order valence-electron chi connectivity index (χ0n) is 13.6. The highest BCUT2D eigenvalue weighted by Gasteiger charge is 2.16. The average molecular weight is 327 g/mol. The molecule has 0 aliphatic carbocycles. The quantitative estimate of drug-likeness (QED) is 0.773. The largest absolute Gasteiger partial charge is 0.484 e. The van der Waals surface area contributed by atoms with Gasteiger partial charge in [-0.25, -0.2) is 0 Å². The lowest BCUT2D eigenvalue weighted by molar-refractivity contribution is -0.140. The van der Waals surface area contributed by atoms with Crippen molar-refractivity contribution in [2.45, 2.75) is 20.8 Å². The standard InChI is InChI=1S/C16H23ClN2O3/c1-5-19(6-2)15(20)10-18(4)16(21)11-22-13-7-8-14(17)12(3)9-13/h7-9H,5-6,10-11H2,1-4H3. The molecule has 0 atom stereocenters. The maximum absolute atomic E-state index is 12.0. The Balaban J connectivity index is 2.50. The number of ether oxygens (including phenoxy) is 1. The number of halogens is 1. The summed E-state index contributed by atoms with van der Waals surface area (Å²) in [5.41, 5.74) is 0.886. The SMILES string of the molecule is CCN(CC)C(=O)CN(C)C(=O)COc1ccc(Cl)c(C)c1. The van der Waals surface area contributed by atoms with Gasteiger partial charge in [0.2, 0.25) is 5.91 Å². The summed E-state index contributed by atoms with van der Waals surface area (Å²) in [6.45, 7) is 6.92. The molecular formula is C16H23ClN2O3. The van der Waals surface area contributed by atoms with E-state index in [0.717, 1.165) is 5.56 Å². The third kappa shape index (κ3) is 5.22. The van der Waals surface area contributed by atoms with Crippen molar-refractivity contribution < 1.29 is 14.3 Å². The van der Waals surface area contributed by atoms with E-state index in [2.05, 4.69) is 0 Å². The minimum atomic E-state index is -0.242. The van der Waals surface area contributed by atoms with E-state index in [1.807, 2.05) is 20.8 Å². The van der Waals surface area contributed by atoms with E-state index in [0.29, 0.717) is 23.9 Å². The second kappa shape index (κ2) is 8.63. The zero-order chi connectivity index (χ0) is 16.7. The molecule has 1 rings (SSSR count). The van der Waals surface area contributed by atoms with Gasteiger partial charge in [-0.1, -0.05) is 11.6 Å². The van der Waals surface area contributed by atoms with Crippen LogP contribution in [0.1, 0.15) is 19.4 Å². The third-order valence-electron chi connectivity index (χ3n) is 3.41. The van der Waals surface area contributed by atoms with Crippen LogP contribution >= 0.6 is 11.6 Å². The van der Waals surface area contributed by atoms with E-state index in [1.165, 1.54) is 4.90 Å². The van der Waals surface area contributed by atoms with E-state index >= 15 is 0 Å². The number of likely N-dealkylation sites (N-methyl/N-ethyl adjacent to an activating group) is 2. The number of carbonyl (C=O) groups excluding carboxylic acids is 2. The van der Waals surface area contributed by atoms with E-state index in [9.17, 15) is 9.59 Å². The van der Waals surface area contributed by atoms with Gasteiger partial charge < -0.3 is 14.5 Å². The smallest absolute Gasteiger partial charge is 0.260 e. The van der Waals surface area contributed by atoms with Gasteiger partial charge in [0.05, 0.1) is 6.54 Å². The topological polar surface area (TPSA) is 49.9 Å². The molecule has 0 aromatic heterocycles. The molecule has 5 nitrogen and oxygen atoms in total. The third-order valence-corrected chi connectivity index (χ3v) is 3.83. The molecule has 0 saturated heterocycles. The Morgan fingerprint density at radius 1 is 1.18 bits per heavy atom. The maximum atomic E-state index is 12.0. The van der Waals surface area contributed by atoms with Crippen molar-refractivity contribution in [1.82, 2.24) is 9.80 Å². The highest BCUT2D eigenvalue weighted by molar-refractivity contribution is 6.31. The number of rotatable bonds is 7. The summed E-state index contributed by atoms with van der Waals surface area (Å²) in [5.74, 6) is 0.273. The van der Waals surface area contributed by atoms with Gasteiger partial charge in [0.25, 0.3) is 5.91 Å². The van der Waals surface area contributed by atoms with Gasteiger partial charge in [-0.3, -0.25) is 9.59 Å². The average Bonchev–Trinajstić information content (AvgIpc) is 2.49. The first kappa shape index (κ1) is 18.3. The van der Waals surface area contributed by atoms with Gasteiger partial charge >= 0.3 is 0 Å². The molecule has 1 aromatic carbocycles. The van der Waals surface area contributed by atoms with Gasteiger partial charge in [-0.15, -0.1) is 0 Å². The summed E-state index contributed by atoms with van der Waals surface area (Å²) in [6.07, 6.45) is 0. The molecule has 0 heterocycles. The lowest BCUT2D eigenvalue weighted by Crippen LogP contribution is -2.42. The lowest BCUT2D eigenvalue weighted by Gasteiger charge is -2.23. The van der Waals surface area contributed by atoms with Crippen LogP contribution in [0.2, 0.25) is 5.02 Å². The van der Waals surface area contributed by atoms with Crippen LogP contribution in [-0.2, 0) is 9.59 Å². The van der Waals surface area contributed by atoms with Crippen molar-refractivity contribution in [3.63, 3.8) is 0 Å². The fourth-order valence-corrected chi connectivity index (χ4v) is 2.05. The predicted molar refractivity (Wildman–Crippen MR) is 87.2 cm³/mol. The number of hydrogen-bond donors (Lipinski definition) is 0. The molecule has 0 bridgehead atoms. The second-order valence-electron chi connectivity index (χ2n) is 5.02. The fourth-order valence-electron chi connectivity index (χ4n) is 1.93. The van der Waals surface area contributed by atoms with E-state index < -0.39 is 0 Å². The van der Waals surface area contributed by atoms with Crippen molar-refractivity contribution in [1.29, 1.82) is 0 Å². The molecule has 0 saturated carbocycles. The minimum Gasteiger partial charge on any atom is -0.484 e. The van der Waals surface area contributed by atoms with Crippen LogP contribution in [-0.4, -0.2) is 54.9 Å². The van der Waals surface area contributed by atoms with Crippen LogP contribution < -0.4 is 4.74 Å². The molecular weight excluding hydrogens is 304 g/mol. The number of nitrogens with zero attached hydrogens (tertiary/aromatic N) is 2. The van der Waals surface area contributed by atoms with Crippen molar-refractivity contribution in [2.24, 2.45) is 0 Å². The molecule has 0 N–H and O–H groups in total. The minimum absolute atomic E-state index is 0.0590. The molecule has 0 aliphatic rings. The Morgan fingerprint density at radius 2 is 1.82 bits per heavy atom. The first-order chi connectivity index (χ1) is 10.4. The molecule has 0 aliphatic heterocycles. The van der Waals surface area contributed by atoms with Gasteiger partial charge in [0.1, 0.15) is 5.75 Å². The Morgan fingerprint density at radius 3 is 2.36 bits per heavy atom. The van der Waals surface area contributed by atoms with Crippen molar-refractivity contribution in [3.05, 3.63) is 28.8 Å². The number of aryl methyl sites for hydroxylation is 1. The maximum Gasteiger partial charge on any atom is 0.260 e. The molecule has 122 valence electrons. The van der Waals surface area contributed by atoms with Gasteiger partial charge in [0, 0.05) is 25.2 Å². The predicted octanol–water partition coefficient (Wildman–Crippen LogP) is 2.35. The number of carbonyl (C=O) groups is 2. The zero-order valence-corrected chi connectivity index (χ0v) is 14.3. The monoisotopic (exact) mass is 326 g/mol. The molecule has 0 radical (unpaired) electrons. The van der Waals surface area contributed by atoms with Gasteiger partial charge in [0.15, 0.2) is 6.61 Å². The lowest BCUT2D eigenvalue weighted by atomic mass is 10.2. The second-order valence-corrected chi connectivity index (χ2v) is 5.42. The Kier molecular flexibility index (Phi) is 7.18. The van der Waals surface area contributed by atoms with E-state index in [4.69, 9.17) is 16.3 Å². The molecule has 6 heteroatoms. The van der Waals surface area contributed by atoms with Crippen LogP contribution in [0.15, 0.2) is 18.2 Å². The normalized spacial score (nSPS) is 10.2. The molecule has 22 heavy (non-hydrogen) atoms. The first-order valence-corrected chi connectivity index (χ1v) is 7.67. The van der Waals surface area contributed by atoms with Crippen LogP contribution in [0.25, 0.3) is 0 Å². The van der Waals surface area contributed by atoms with Gasteiger partial charge in [-0.05, 0) is 44.5 Å². The highest BCUT2D eigenvalue weighted by atomic mass is 35.5. The Bertz CT molecular complexity index is 530. The van der Waals surface area contributed by atoms with E-state index in [1.54, 1.807) is 30.1 Å². The van der Waals surface area contributed by atoms with Crippen molar-refractivity contribution in [3.8, 4) is 5.75 Å². The summed E-state index contributed by atoms with van der Waals surface area (Å²) in [4.78, 5) is 27.0. The van der Waals surface area contributed by atoms with Gasteiger partial charge in [-0.2, -0.15) is 0 Å². The number of benzene rings is 1. The van der Waals surface area contributed by atoms with Crippen molar-refractivity contribution in [2.75, 3.05) is 33.3 Å². The number of hydrogen-bond acceptors (Lipinski definition) is 3. The molecule has 1 aromatic rings. The summed E-state index contributed by atoms with van der Waals surface area (Å²) in [7, 11) is 1.60. The van der Waals surface area contributed by atoms with Crippen LogP contribution in [0, 0.1) is 6.92 Å². The number of amides is 2. The van der Waals surface area contributed by atoms with E-state index in [-0.39, 0.29) is 25.0 Å². The first-order valence-electron chi connectivity index (χ1n) is 7.29. The molecule has 0 fully saturated rings. The Labute approximate surface area is 136 Å². The molecule has 0 unspecified atom stereocenters. The van der Waals surface area contributed by atoms with Crippen molar-refractivity contribution >= 4 is 23.4 Å². The molecule has 2 amide bonds. The summed E-state index contributed by atoms with van der Waals surface area (Å²) in [6, 6.07) is 5.21.